The first kappa shape index (κ1) is 17.6. The highest BCUT2D eigenvalue weighted by Gasteiger charge is 2.13. The van der Waals surface area contributed by atoms with Crippen LogP contribution >= 0.6 is 0 Å². The monoisotopic (exact) mass is 366 g/mol. The second kappa shape index (κ2) is 7.86. The molecule has 136 valence electrons. The molecule has 0 fully saturated rings. The first-order valence-electron chi connectivity index (χ1n) is 8.92. The van der Waals surface area contributed by atoms with Crippen molar-refractivity contribution in [3.63, 3.8) is 0 Å². The molecule has 1 heterocycles. The lowest BCUT2D eigenvalue weighted by molar-refractivity contribution is 0.0708. The molecule has 28 heavy (non-hydrogen) atoms. The summed E-state index contributed by atoms with van der Waals surface area (Å²) < 4.78 is 0. The van der Waals surface area contributed by atoms with Crippen LogP contribution in [0.4, 0.5) is 0 Å². The van der Waals surface area contributed by atoms with Crippen molar-refractivity contribution < 1.29 is 10.0 Å². The summed E-state index contributed by atoms with van der Waals surface area (Å²) in [4.78, 5) is 16.8. The number of nitrogens with zero attached hydrogens (tertiary/aromatic N) is 1. The molecule has 1 amide bonds. The van der Waals surface area contributed by atoms with Crippen molar-refractivity contribution in [3.8, 4) is 11.3 Å². The second-order valence-electron chi connectivity index (χ2n) is 6.38. The number of carbonyl (C=O) groups excluding carboxylic acids is 1. The lowest BCUT2D eigenvalue weighted by Crippen LogP contribution is -2.19. The molecule has 4 rings (SSSR count). The summed E-state index contributed by atoms with van der Waals surface area (Å²) in [7, 11) is 0. The van der Waals surface area contributed by atoms with Crippen molar-refractivity contribution in [3.05, 3.63) is 102 Å². The molecule has 4 nitrogen and oxygen atoms in total. The minimum atomic E-state index is -0.553. The topological polar surface area (TPSA) is 62.2 Å². The Bertz CT molecular complexity index is 1150. The fourth-order valence-electron chi connectivity index (χ4n) is 3.09. The zero-order valence-corrected chi connectivity index (χ0v) is 15.0. The van der Waals surface area contributed by atoms with E-state index >= 15 is 0 Å². The van der Waals surface area contributed by atoms with Gasteiger partial charge in [-0.15, -0.1) is 0 Å². The van der Waals surface area contributed by atoms with E-state index in [1.165, 1.54) is 0 Å². The van der Waals surface area contributed by atoms with E-state index in [4.69, 9.17) is 5.21 Å². The molecule has 0 spiro atoms. The standard InChI is InChI=1S/C24H18N2O2/c27-24(26-28)21-16-23(25-22-9-5-4-8-20(21)22)19-14-12-18(13-15-19)11-10-17-6-2-1-3-7-17/h1-16,28H,(H,26,27)/b11-10+. The number of nitrogens with one attached hydrogen (secondary N) is 1. The van der Waals surface area contributed by atoms with Crippen LogP contribution in [0.2, 0.25) is 0 Å². The Labute approximate surface area is 162 Å². The number of aromatic nitrogens is 1. The normalized spacial score (nSPS) is 11.0. The predicted molar refractivity (Wildman–Crippen MR) is 112 cm³/mol. The molecule has 0 aliphatic rings. The number of para-hydroxylation sites is 1. The average molecular weight is 366 g/mol. The lowest BCUT2D eigenvalue weighted by atomic mass is 10.0. The Morgan fingerprint density at radius 1 is 0.821 bits per heavy atom. The third kappa shape index (κ3) is 3.68. The highest BCUT2D eigenvalue weighted by atomic mass is 16.5. The number of rotatable bonds is 4. The van der Waals surface area contributed by atoms with Gasteiger partial charge < -0.3 is 0 Å². The Morgan fingerprint density at radius 3 is 2.18 bits per heavy atom. The third-order valence-corrected chi connectivity index (χ3v) is 4.54. The summed E-state index contributed by atoms with van der Waals surface area (Å²) in [6, 6.07) is 27.2. The molecule has 2 N–H and O–H groups in total. The van der Waals surface area contributed by atoms with Crippen LogP contribution in [0.3, 0.4) is 0 Å². The highest BCUT2D eigenvalue weighted by Crippen LogP contribution is 2.25. The molecule has 0 unspecified atom stereocenters. The Kier molecular flexibility index (Phi) is 4.95. The van der Waals surface area contributed by atoms with E-state index in [1.807, 2.05) is 66.7 Å². The molecular weight excluding hydrogens is 348 g/mol. The van der Waals surface area contributed by atoms with Crippen LogP contribution in [-0.4, -0.2) is 16.1 Å². The maximum Gasteiger partial charge on any atom is 0.275 e. The van der Waals surface area contributed by atoms with Crippen molar-refractivity contribution >= 4 is 29.0 Å². The van der Waals surface area contributed by atoms with Crippen LogP contribution in [0.5, 0.6) is 0 Å². The van der Waals surface area contributed by atoms with Crippen LogP contribution in [0.15, 0.2) is 84.9 Å². The number of carbonyl (C=O) groups is 1. The minimum Gasteiger partial charge on any atom is -0.288 e. The van der Waals surface area contributed by atoms with Gasteiger partial charge >= 0.3 is 0 Å². The maximum absolute atomic E-state index is 12.1. The molecule has 1 aromatic heterocycles. The van der Waals surface area contributed by atoms with E-state index in [0.717, 1.165) is 16.7 Å². The van der Waals surface area contributed by atoms with E-state index in [2.05, 4.69) is 29.3 Å². The Hall–Kier alpha value is -3.76. The number of benzene rings is 3. The Morgan fingerprint density at radius 2 is 1.46 bits per heavy atom. The SMILES string of the molecule is O=C(NO)c1cc(-c2ccc(/C=C/c3ccccc3)cc2)nc2ccccc12. The zero-order valence-electron chi connectivity index (χ0n) is 15.0. The van der Waals surface area contributed by atoms with Crippen molar-refractivity contribution in [2.45, 2.75) is 0 Å². The first-order chi connectivity index (χ1) is 13.7. The summed E-state index contributed by atoms with van der Waals surface area (Å²) in [5.41, 5.74) is 6.59. The van der Waals surface area contributed by atoms with Crippen molar-refractivity contribution in [2.24, 2.45) is 0 Å². The van der Waals surface area contributed by atoms with Crippen molar-refractivity contribution in [1.29, 1.82) is 0 Å². The molecule has 0 saturated carbocycles. The fourth-order valence-corrected chi connectivity index (χ4v) is 3.09. The predicted octanol–water partition coefficient (Wildman–Crippen LogP) is 5.19. The summed E-state index contributed by atoms with van der Waals surface area (Å²) in [6.45, 7) is 0. The maximum atomic E-state index is 12.1. The van der Waals surface area contributed by atoms with E-state index in [0.29, 0.717) is 22.2 Å². The highest BCUT2D eigenvalue weighted by molar-refractivity contribution is 6.06. The van der Waals surface area contributed by atoms with Gasteiger partial charge in [0.05, 0.1) is 16.8 Å². The van der Waals surface area contributed by atoms with Crippen LogP contribution in [-0.2, 0) is 0 Å². The van der Waals surface area contributed by atoms with E-state index in [1.54, 1.807) is 11.5 Å². The number of hydroxylamine groups is 1. The van der Waals surface area contributed by atoms with Gasteiger partial charge in [0.15, 0.2) is 0 Å². The number of amides is 1. The van der Waals surface area contributed by atoms with Gasteiger partial charge in [0, 0.05) is 10.9 Å². The quantitative estimate of drug-likeness (QED) is 0.297. The number of hydrogen-bond acceptors (Lipinski definition) is 3. The number of fused-ring (bicyclic) bond motifs is 1. The van der Waals surface area contributed by atoms with Crippen molar-refractivity contribution in [1.82, 2.24) is 10.5 Å². The summed E-state index contributed by atoms with van der Waals surface area (Å²) in [5.74, 6) is -0.553. The van der Waals surface area contributed by atoms with Gasteiger partial charge in [-0.1, -0.05) is 84.9 Å². The van der Waals surface area contributed by atoms with Gasteiger partial charge in [0.25, 0.3) is 5.91 Å². The van der Waals surface area contributed by atoms with Gasteiger partial charge in [-0.2, -0.15) is 0 Å². The lowest BCUT2D eigenvalue weighted by Gasteiger charge is -2.09. The van der Waals surface area contributed by atoms with Crippen LogP contribution < -0.4 is 5.48 Å². The first-order valence-corrected chi connectivity index (χ1v) is 8.92. The summed E-state index contributed by atoms with van der Waals surface area (Å²) >= 11 is 0. The van der Waals surface area contributed by atoms with Gasteiger partial charge in [0.1, 0.15) is 0 Å². The minimum absolute atomic E-state index is 0.385. The van der Waals surface area contributed by atoms with E-state index in [9.17, 15) is 4.79 Å². The summed E-state index contributed by atoms with van der Waals surface area (Å²) in [5, 5.41) is 9.77. The molecule has 0 aliphatic heterocycles. The molecule has 3 aromatic carbocycles. The molecule has 0 radical (unpaired) electrons. The van der Waals surface area contributed by atoms with Crippen LogP contribution in [0.1, 0.15) is 21.5 Å². The second-order valence-corrected chi connectivity index (χ2v) is 6.38. The largest absolute Gasteiger partial charge is 0.288 e. The molecule has 4 heteroatoms. The molecule has 0 saturated heterocycles. The average Bonchev–Trinajstić information content (AvgIpc) is 2.77. The molecule has 4 aromatic rings. The Balaban J connectivity index is 1.68. The molecular formula is C24H18N2O2. The fraction of sp³-hybridized carbons (Fsp3) is 0. The molecule has 0 aliphatic carbocycles. The zero-order chi connectivity index (χ0) is 19.3. The van der Waals surface area contributed by atoms with Gasteiger partial charge in [0.2, 0.25) is 0 Å². The van der Waals surface area contributed by atoms with Crippen LogP contribution in [0, 0.1) is 0 Å². The van der Waals surface area contributed by atoms with E-state index < -0.39 is 5.91 Å². The smallest absolute Gasteiger partial charge is 0.275 e. The van der Waals surface area contributed by atoms with Crippen LogP contribution in [0.25, 0.3) is 34.3 Å². The van der Waals surface area contributed by atoms with Gasteiger partial charge in [-0.05, 0) is 23.3 Å². The molecule has 0 bridgehead atoms. The third-order valence-electron chi connectivity index (χ3n) is 4.54. The van der Waals surface area contributed by atoms with Gasteiger partial charge in [-0.25, -0.2) is 10.5 Å². The number of pyridine rings is 1. The summed E-state index contributed by atoms with van der Waals surface area (Å²) in [6.07, 6.45) is 4.12. The van der Waals surface area contributed by atoms with Gasteiger partial charge in [-0.3, -0.25) is 10.0 Å². The molecule has 0 atom stereocenters. The van der Waals surface area contributed by atoms with E-state index in [-0.39, 0.29) is 0 Å². The van der Waals surface area contributed by atoms with Crippen molar-refractivity contribution in [2.75, 3.05) is 0 Å². The number of hydrogen-bond donors (Lipinski definition) is 2.